The molecule has 10 heteroatoms. The Labute approximate surface area is 548 Å². The van der Waals surface area contributed by atoms with Gasteiger partial charge in [0.1, 0.15) is 6.61 Å². The van der Waals surface area contributed by atoms with Crippen molar-refractivity contribution in [3.8, 4) is 0 Å². The summed E-state index contributed by atoms with van der Waals surface area (Å²) >= 11 is 0. The zero-order valence-corrected chi connectivity index (χ0v) is 58.3. The summed E-state index contributed by atoms with van der Waals surface area (Å²) in [6, 6.07) is 0. The van der Waals surface area contributed by atoms with Crippen LogP contribution in [0.1, 0.15) is 322 Å². The minimum atomic E-state index is -4.40. The second-order valence-electron chi connectivity index (χ2n) is 24.0. The van der Waals surface area contributed by atoms with Crippen LogP contribution in [0.2, 0.25) is 0 Å². The number of rotatable bonds is 68. The molecule has 0 bridgehead atoms. The van der Waals surface area contributed by atoms with Crippen molar-refractivity contribution in [3.63, 3.8) is 0 Å². The monoisotopic (exact) mass is 1260 g/mol. The molecule has 0 saturated carbocycles. The van der Waals surface area contributed by atoms with Gasteiger partial charge in [0.15, 0.2) is 6.10 Å². The maximum Gasteiger partial charge on any atom is 0.472 e. The fourth-order valence-electron chi connectivity index (χ4n) is 10.2. The number of carbonyl (C=O) groups excluding carboxylic acids is 2. The lowest BCUT2D eigenvalue weighted by molar-refractivity contribution is -0.161. The molecule has 0 aromatic rings. The van der Waals surface area contributed by atoms with Crippen molar-refractivity contribution in [2.45, 2.75) is 328 Å². The number of carbonyl (C=O) groups is 2. The van der Waals surface area contributed by atoms with Gasteiger partial charge in [-0.25, -0.2) is 4.57 Å². The molecule has 0 amide bonds. The standard InChI is InChI=1S/C79H136NO8P/c1-3-5-7-9-11-13-15-17-19-21-23-25-27-29-31-32-33-34-35-36-37-38-39-40-41-42-43-44-46-47-49-51-53-55-57-59-61-63-65-67-69-71-78(81)85-75-77(76-87-89(83,84)86-74-73-80)88-79(82)72-70-68-66-64-62-60-58-56-54-52-50-48-45-30-28-26-24-22-20-18-16-14-12-10-8-6-4-2/h5-8,11-14,17-20,23-26,29-31,45,50,52,77H,3-4,9-10,15-16,21-22,27-28,32-44,46-49,51,53-76,80H2,1-2H3,(H,83,84)/b7-5-,8-6-,13-11-,14-12-,19-17-,20-18-,25-23-,26-24-,31-29-,45-30-,52-50-. The van der Waals surface area contributed by atoms with E-state index in [-0.39, 0.29) is 38.6 Å². The fourth-order valence-corrected chi connectivity index (χ4v) is 11.0. The van der Waals surface area contributed by atoms with Crippen LogP contribution in [-0.2, 0) is 32.7 Å². The average molecular weight is 1260 g/mol. The summed E-state index contributed by atoms with van der Waals surface area (Å²) in [5.74, 6) is -0.831. The van der Waals surface area contributed by atoms with Crippen LogP contribution in [0, 0.1) is 0 Å². The highest BCUT2D eigenvalue weighted by atomic mass is 31.2. The van der Waals surface area contributed by atoms with E-state index in [9.17, 15) is 19.0 Å². The van der Waals surface area contributed by atoms with E-state index in [1.165, 1.54) is 173 Å². The Morgan fingerprint density at radius 3 is 0.865 bits per heavy atom. The molecule has 0 aromatic heterocycles. The summed E-state index contributed by atoms with van der Waals surface area (Å²) in [6.45, 7) is 3.53. The summed E-state index contributed by atoms with van der Waals surface area (Å²) in [5, 5.41) is 0. The summed E-state index contributed by atoms with van der Waals surface area (Å²) in [5.41, 5.74) is 5.40. The average Bonchev–Trinajstić information content (AvgIpc) is 3.64. The van der Waals surface area contributed by atoms with Gasteiger partial charge in [0, 0.05) is 19.4 Å². The normalized spacial score (nSPS) is 13.7. The minimum Gasteiger partial charge on any atom is -0.462 e. The Hall–Kier alpha value is -3.85. The van der Waals surface area contributed by atoms with Crippen LogP contribution in [0.4, 0.5) is 0 Å². The van der Waals surface area contributed by atoms with Gasteiger partial charge in [-0.1, -0.05) is 334 Å². The number of phosphoric ester groups is 1. The van der Waals surface area contributed by atoms with Crippen molar-refractivity contribution >= 4 is 19.8 Å². The summed E-state index contributed by atoms with van der Waals surface area (Å²) in [7, 11) is -4.40. The third kappa shape index (κ3) is 73.1. The molecule has 9 nitrogen and oxygen atoms in total. The van der Waals surface area contributed by atoms with Crippen LogP contribution in [0.15, 0.2) is 134 Å². The molecule has 0 aliphatic carbocycles. The van der Waals surface area contributed by atoms with E-state index in [4.69, 9.17) is 24.3 Å². The first kappa shape index (κ1) is 85.2. The van der Waals surface area contributed by atoms with Crippen molar-refractivity contribution in [3.05, 3.63) is 134 Å². The Morgan fingerprint density at radius 1 is 0.337 bits per heavy atom. The number of nitrogens with two attached hydrogens (primary N) is 1. The van der Waals surface area contributed by atoms with Gasteiger partial charge in [0.2, 0.25) is 0 Å². The topological polar surface area (TPSA) is 134 Å². The second kappa shape index (κ2) is 73.2. The molecule has 0 radical (unpaired) electrons. The van der Waals surface area contributed by atoms with Gasteiger partial charge >= 0.3 is 19.8 Å². The number of ether oxygens (including phenoxy) is 2. The van der Waals surface area contributed by atoms with Crippen molar-refractivity contribution in [2.24, 2.45) is 5.73 Å². The number of unbranched alkanes of at least 4 members (excludes halogenated alkanes) is 33. The Bertz CT molecular complexity index is 1920. The summed E-state index contributed by atoms with van der Waals surface area (Å²) in [4.78, 5) is 35.4. The molecule has 89 heavy (non-hydrogen) atoms. The summed E-state index contributed by atoms with van der Waals surface area (Å²) in [6.07, 6.45) is 104. The molecule has 0 saturated heterocycles. The SMILES string of the molecule is CC/C=C\C/C=C\C/C=C\C/C=C\C/C=C\C/C=C\CCCCCCCCCCC(=O)OC(COC(=O)CCCCCCCCCCCCCCCCCCCCCCCCCCC/C=C\C/C=C\C/C=C\C/C=C\C/C=C\CC)COP(=O)(O)OCCN. The van der Waals surface area contributed by atoms with Crippen LogP contribution in [0.5, 0.6) is 0 Å². The van der Waals surface area contributed by atoms with Crippen LogP contribution in [0.3, 0.4) is 0 Å². The Balaban J connectivity index is 3.83. The smallest absolute Gasteiger partial charge is 0.462 e. The predicted octanol–water partition coefficient (Wildman–Crippen LogP) is 24.4. The molecule has 510 valence electrons. The first-order valence-corrected chi connectivity index (χ1v) is 38.2. The van der Waals surface area contributed by atoms with Crippen molar-refractivity contribution < 1.29 is 37.6 Å². The molecule has 0 rings (SSSR count). The molecular weight excluding hydrogens is 1120 g/mol. The number of hydrogen-bond acceptors (Lipinski definition) is 8. The van der Waals surface area contributed by atoms with Crippen LogP contribution >= 0.6 is 7.82 Å². The van der Waals surface area contributed by atoms with Gasteiger partial charge in [0.05, 0.1) is 13.2 Å². The van der Waals surface area contributed by atoms with Gasteiger partial charge in [0.25, 0.3) is 0 Å². The van der Waals surface area contributed by atoms with Crippen LogP contribution < -0.4 is 5.73 Å². The number of allylic oxidation sites excluding steroid dienone is 22. The maximum absolute atomic E-state index is 12.8. The molecule has 3 N–H and O–H groups in total. The first-order valence-electron chi connectivity index (χ1n) is 36.7. The molecular formula is C79H136NO8P. The number of esters is 2. The highest BCUT2D eigenvalue weighted by Crippen LogP contribution is 2.43. The molecule has 0 fully saturated rings. The molecule has 2 atom stereocenters. The largest absolute Gasteiger partial charge is 0.472 e. The van der Waals surface area contributed by atoms with E-state index in [1.54, 1.807) is 0 Å². The predicted molar refractivity (Wildman–Crippen MR) is 385 cm³/mol. The zero-order chi connectivity index (χ0) is 64.4. The van der Waals surface area contributed by atoms with E-state index in [1.807, 2.05) is 0 Å². The molecule has 0 spiro atoms. The third-order valence-corrected chi connectivity index (χ3v) is 16.5. The Morgan fingerprint density at radius 2 is 0.584 bits per heavy atom. The van der Waals surface area contributed by atoms with Crippen LogP contribution in [0.25, 0.3) is 0 Å². The molecule has 0 heterocycles. The lowest BCUT2D eigenvalue weighted by Crippen LogP contribution is -2.29. The van der Waals surface area contributed by atoms with Crippen molar-refractivity contribution in [2.75, 3.05) is 26.4 Å². The maximum atomic E-state index is 12.8. The molecule has 0 aliphatic heterocycles. The van der Waals surface area contributed by atoms with Crippen molar-refractivity contribution in [1.29, 1.82) is 0 Å². The van der Waals surface area contributed by atoms with E-state index >= 15 is 0 Å². The lowest BCUT2D eigenvalue weighted by Gasteiger charge is -2.19. The lowest BCUT2D eigenvalue weighted by atomic mass is 10.0. The second-order valence-corrected chi connectivity index (χ2v) is 25.5. The molecule has 2 unspecified atom stereocenters. The number of hydrogen-bond donors (Lipinski definition) is 2. The van der Waals surface area contributed by atoms with Crippen LogP contribution in [-0.4, -0.2) is 49.3 Å². The van der Waals surface area contributed by atoms with E-state index < -0.39 is 26.5 Å². The quantitative estimate of drug-likeness (QED) is 0.0264. The first-order chi connectivity index (χ1) is 43.8. The molecule has 0 aromatic carbocycles. The zero-order valence-electron chi connectivity index (χ0n) is 57.4. The van der Waals surface area contributed by atoms with Gasteiger partial charge in [-0.15, -0.1) is 0 Å². The third-order valence-electron chi connectivity index (χ3n) is 15.5. The molecule has 0 aliphatic rings. The highest BCUT2D eigenvalue weighted by molar-refractivity contribution is 7.47. The number of phosphoric acid groups is 1. The Kier molecular flexibility index (Phi) is 70.0. The van der Waals surface area contributed by atoms with E-state index in [2.05, 4.69) is 148 Å². The minimum absolute atomic E-state index is 0.0478. The van der Waals surface area contributed by atoms with E-state index in [0.29, 0.717) is 6.42 Å². The fraction of sp³-hybridized carbons (Fsp3) is 0.696. The van der Waals surface area contributed by atoms with Gasteiger partial charge in [-0.05, 0) is 109 Å². The van der Waals surface area contributed by atoms with E-state index in [0.717, 1.165) is 116 Å². The summed E-state index contributed by atoms with van der Waals surface area (Å²) < 4.78 is 33.2. The van der Waals surface area contributed by atoms with Gasteiger partial charge < -0.3 is 20.1 Å². The highest BCUT2D eigenvalue weighted by Gasteiger charge is 2.26. The van der Waals surface area contributed by atoms with Gasteiger partial charge in [-0.2, -0.15) is 0 Å². The van der Waals surface area contributed by atoms with Gasteiger partial charge in [-0.3, -0.25) is 18.6 Å². The van der Waals surface area contributed by atoms with Crippen molar-refractivity contribution in [1.82, 2.24) is 0 Å².